The second kappa shape index (κ2) is 11.9. The molecule has 2 heterocycles. The van der Waals surface area contributed by atoms with E-state index in [1.54, 1.807) is 0 Å². The number of nitrogens with zero attached hydrogens (tertiary/aromatic N) is 3. The minimum Gasteiger partial charge on any atom is -0.456 e. The van der Waals surface area contributed by atoms with Crippen LogP contribution in [-0.4, -0.2) is 15.0 Å². The van der Waals surface area contributed by atoms with Gasteiger partial charge in [-0.25, -0.2) is 15.0 Å². The highest BCUT2D eigenvalue weighted by Gasteiger charge is 2.15. The molecule has 0 aliphatic rings. The molecule has 0 saturated carbocycles. The fourth-order valence-corrected chi connectivity index (χ4v) is 6.34. The first-order valence-electron chi connectivity index (χ1n) is 21.3. The number of para-hydroxylation sites is 1. The Balaban J connectivity index is 1.22. The maximum atomic E-state index is 9.53. The Kier molecular flexibility index (Phi) is 4.80. The number of aromatic nitrogens is 3. The molecule has 0 aliphatic heterocycles. The second-order valence-electron chi connectivity index (χ2n) is 12.0. The van der Waals surface area contributed by atoms with Gasteiger partial charge in [0.15, 0.2) is 17.5 Å². The Morgan fingerprint density at radius 2 is 1.04 bits per heavy atom. The Labute approximate surface area is 308 Å². The summed E-state index contributed by atoms with van der Waals surface area (Å²) >= 11 is 0. The van der Waals surface area contributed by atoms with Gasteiger partial charge in [0.1, 0.15) is 11.2 Å². The van der Waals surface area contributed by atoms with Crippen LogP contribution in [0.25, 0.3) is 99.9 Å². The van der Waals surface area contributed by atoms with Gasteiger partial charge in [-0.15, -0.1) is 0 Å². The summed E-state index contributed by atoms with van der Waals surface area (Å²) in [6.07, 6.45) is 0. The van der Waals surface area contributed by atoms with Crippen molar-refractivity contribution >= 4 is 43.5 Å². The van der Waals surface area contributed by atoms with Crippen molar-refractivity contribution in [1.82, 2.24) is 15.0 Å². The molecule has 10 rings (SSSR count). The highest BCUT2D eigenvalue weighted by Crippen LogP contribution is 2.38. The molecule has 0 N–H and O–H groups in total. The average molecular weight is 662 g/mol. The van der Waals surface area contributed by atoms with Gasteiger partial charge in [-0.2, -0.15) is 0 Å². The number of benzene rings is 8. The summed E-state index contributed by atoms with van der Waals surface area (Å²) in [6.45, 7) is 0. The van der Waals surface area contributed by atoms with Crippen molar-refractivity contribution in [2.75, 3.05) is 0 Å². The SMILES string of the molecule is [2H]c1cc([2H])c2oc3c([2H])cc([2H])c(-c4c([2H])c([2H])c5c([2H])c(-c6nc(-c7ccc(-c8ccccc8)cc7)nc(-c7ccc8ccccc8c7)n6)c([2H])c([2H])c5c4[2H])c3c2c1. The lowest BCUT2D eigenvalue weighted by Crippen LogP contribution is -2.00. The van der Waals surface area contributed by atoms with Crippen LogP contribution in [0.3, 0.4) is 0 Å². The Morgan fingerprint density at radius 3 is 1.86 bits per heavy atom. The van der Waals surface area contributed by atoms with Gasteiger partial charge in [0, 0.05) is 27.5 Å². The summed E-state index contributed by atoms with van der Waals surface area (Å²) in [5.41, 5.74) is 2.81. The maximum absolute atomic E-state index is 9.53. The first kappa shape index (κ1) is 20.6. The lowest BCUT2D eigenvalue weighted by Gasteiger charge is -2.11. The van der Waals surface area contributed by atoms with Crippen LogP contribution >= 0.6 is 0 Å². The van der Waals surface area contributed by atoms with Gasteiger partial charge in [0.05, 0.1) is 13.7 Å². The monoisotopic (exact) mass is 661 g/mol. The molecule has 238 valence electrons. The van der Waals surface area contributed by atoms with Gasteiger partial charge >= 0.3 is 0 Å². The number of hydrogen-bond donors (Lipinski definition) is 0. The molecule has 8 aromatic carbocycles. The average Bonchev–Trinajstić information content (AvgIpc) is 3.65. The van der Waals surface area contributed by atoms with Crippen LogP contribution in [0, 0.1) is 0 Å². The van der Waals surface area contributed by atoms with Crippen LogP contribution in [0.1, 0.15) is 13.7 Å². The van der Waals surface area contributed by atoms with E-state index in [1.165, 1.54) is 18.2 Å². The van der Waals surface area contributed by atoms with Crippen molar-refractivity contribution in [1.29, 1.82) is 0 Å². The van der Waals surface area contributed by atoms with E-state index in [4.69, 9.17) is 24.9 Å². The zero-order valence-electron chi connectivity index (χ0n) is 36.7. The molecule has 4 nitrogen and oxygen atoms in total. The number of furan rings is 1. The Bertz CT molecular complexity index is 3480. The van der Waals surface area contributed by atoms with Gasteiger partial charge in [-0.3, -0.25) is 0 Å². The highest BCUT2D eigenvalue weighted by molar-refractivity contribution is 6.13. The van der Waals surface area contributed by atoms with E-state index >= 15 is 0 Å². The van der Waals surface area contributed by atoms with Crippen molar-refractivity contribution in [2.45, 2.75) is 0 Å². The first-order chi connectivity index (χ1) is 29.4. The van der Waals surface area contributed by atoms with Crippen LogP contribution < -0.4 is 0 Å². The fraction of sp³-hybridized carbons (Fsp3) is 0. The second-order valence-corrected chi connectivity index (χ2v) is 12.0. The predicted molar refractivity (Wildman–Crippen MR) is 209 cm³/mol. The third kappa shape index (κ3) is 5.22. The lowest BCUT2D eigenvalue weighted by molar-refractivity contribution is 0.669. The fourth-order valence-electron chi connectivity index (χ4n) is 6.34. The third-order valence-electron chi connectivity index (χ3n) is 8.87. The van der Waals surface area contributed by atoms with E-state index in [1.807, 2.05) is 97.1 Å². The summed E-state index contributed by atoms with van der Waals surface area (Å²) in [5, 5.41) is 1.79. The van der Waals surface area contributed by atoms with Crippen molar-refractivity contribution in [2.24, 2.45) is 0 Å². The molecule has 0 bridgehead atoms. The van der Waals surface area contributed by atoms with Gasteiger partial charge in [-0.05, 0) is 74.0 Å². The van der Waals surface area contributed by atoms with Crippen molar-refractivity contribution in [3.05, 3.63) is 176 Å². The van der Waals surface area contributed by atoms with E-state index < -0.39 is 36.3 Å². The molecule has 0 aliphatic carbocycles. The predicted octanol–water partition coefficient (Wildman–Crippen LogP) is 12.4. The van der Waals surface area contributed by atoms with Crippen LogP contribution in [0.2, 0.25) is 0 Å². The zero-order chi connectivity index (χ0) is 42.4. The summed E-state index contributed by atoms with van der Waals surface area (Å²) in [4.78, 5) is 14.4. The van der Waals surface area contributed by atoms with Crippen molar-refractivity contribution in [3.8, 4) is 56.4 Å². The molecule has 0 fully saturated rings. The van der Waals surface area contributed by atoms with Crippen LogP contribution in [0.15, 0.2) is 180 Å². The molecule has 51 heavy (non-hydrogen) atoms. The summed E-state index contributed by atoms with van der Waals surface area (Å²) < 4.78 is 96.4. The van der Waals surface area contributed by atoms with E-state index in [2.05, 4.69) is 0 Å². The van der Waals surface area contributed by atoms with Crippen LogP contribution in [0.4, 0.5) is 0 Å². The number of hydrogen-bond acceptors (Lipinski definition) is 4. The molecule has 0 spiro atoms. The van der Waals surface area contributed by atoms with Gasteiger partial charge in [0.2, 0.25) is 0 Å². The van der Waals surface area contributed by atoms with Gasteiger partial charge < -0.3 is 4.42 Å². The van der Waals surface area contributed by atoms with Crippen molar-refractivity contribution < 1.29 is 18.1 Å². The quantitative estimate of drug-likeness (QED) is 0.184. The highest BCUT2D eigenvalue weighted by atomic mass is 16.3. The standard InChI is InChI=1S/C47H29N3O/c1-2-9-30(10-3-1)32-17-20-33(21-18-32)45-48-46(38-25-19-31-11-4-5-12-34(31)28-38)50-47(49-45)39-26-23-35-27-37(24-22-36(35)29-39)40-14-8-16-43-44(40)41-13-6-7-15-42(41)51-43/h1-29H/i6D,14D,15D,16D,22D,23D,24D,26D,27D,29D. The molecule has 0 radical (unpaired) electrons. The lowest BCUT2D eigenvalue weighted by atomic mass is 9.96. The topological polar surface area (TPSA) is 51.8 Å². The van der Waals surface area contributed by atoms with E-state index in [0.717, 1.165) is 21.9 Å². The molecule has 4 heteroatoms. The van der Waals surface area contributed by atoms with Gasteiger partial charge in [-0.1, -0.05) is 145 Å². The summed E-state index contributed by atoms with van der Waals surface area (Å²) in [6, 6.07) is 31.4. The molecule has 0 amide bonds. The zero-order valence-corrected chi connectivity index (χ0v) is 26.7. The molecule has 10 aromatic rings. The largest absolute Gasteiger partial charge is 0.456 e. The minimum atomic E-state index is -0.532. The molecule has 0 unspecified atom stereocenters. The summed E-state index contributed by atoms with van der Waals surface area (Å²) in [5.74, 6) is 0.387. The molecule has 0 saturated heterocycles. The Hall–Kier alpha value is -6.91. The number of rotatable bonds is 5. The minimum absolute atomic E-state index is 0.0296. The maximum Gasteiger partial charge on any atom is 0.164 e. The third-order valence-corrected chi connectivity index (χ3v) is 8.87. The molecular formula is C47H29N3O. The molecule has 0 atom stereocenters. The number of fused-ring (bicyclic) bond motifs is 5. The van der Waals surface area contributed by atoms with Gasteiger partial charge in [0.25, 0.3) is 0 Å². The van der Waals surface area contributed by atoms with E-state index in [0.29, 0.717) is 11.1 Å². The normalized spacial score (nSPS) is 14.3. The van der Waals surface area contributed by atoms with E-state index in [-0.39, 0.29) is 91.0 Å². The smallest absolute Gasteiger partial charge is 0.164 e. The van der Waals surface area contributed by atoms with Crippen LogP contribution in [-0.2, 0) is 0 Å². The summed E-state index contributed by atoms with van der Waals surface area (Å²) in [7, 11) is 0. The Morgan fingerprint density at radius 1 is 0.412 bits per heavy atom. The van der Waals surface area contributed by atoms with E-state index in [9.17, 15) is 8.22 Å². The molecule has 2 aromatic heterocycles. The van der Waals surface area contributed by atoms with Crippen LogP contribution in [0.5, 0.6) is 0 Å². The first-order valence-corrected chi connectivity index (χ1v) is 16.3. The molecular weight excluding hydrogens is 623 g/mol. The van der Waals surface area contributed by atoms with Crippen molar-refractivity contribution in [3.63, 3.8) is 0 Å².